The number of fused-ring (bicyclic) bond motifs is 1. The summed E-state index contributed by atoms with van der Waals surface area (Å²) < 4.78 is 3.17. The lowest BCUT2D eigenvalue weighted by Crippen LogP contribution is -2.35. The first kappa shape index (κ1) is 16.3. The van der Waals surface area contributed by atoms with Crippen LogP contribution in [0.4, 0.5) is 0 Å². The molecule has 0 spiro atoms. The monoisotopic (exact) mass is 305 g/mol. The van der Waals surface area contributed by atoms with Crippen LogP contribution in [0.1, 0.15) is 20.3 Å². The van der Waals surface area contributed by atoms with Gasteiger partial charge >= 0.3 is 5.69 Å². The molecule has 1 unspecified atom stereocenters. The molecule has 0 aliphatic heterocycles. The number of aliphatic hydroxyl groups is 1. The molecule has 1 heterocycles. The van der Waals surface area contributed by atoms with E-state index in [-0.39, 0.29) is 30.7 Å². The molecule has 0 saturated heterocycles. The Morgan fingerprint density at radius 3 is 2.50 bits per heavy atom. The van der Waals surface area contributed by atoms with E-state index in [1.165, 1.54) is 4.57 Å². The third kappa shape index (κ3) is 3.39. The van der Waals surface area contributed by atoms with Crippen molar-refractivity contribution < 1.29 is 9.90 Å². The van der Waals surface area contributed by atoms with Crippen LogP contribution in [0.15, 0.2) is 29.1 Å². The van der Waals surface area contributed by atoms with Crippen molar-refractivity contribution in [2.75, 3.05) is 13.2 Å². The zero-order valence-electron chi connectivity index (χ0n) is 13.1. The highest BCUT2D eigenvalue weighted by Crippen LogP contribution is 2.12. The Kier molecular flexibility index (Phi) is 5.38. The molecule has 1 aromatic heterocycles. The molecule has 0 radical (unpaired) electrons. The average Bonchev–Trinajstić information content (AvgIpc) is 2.78. The van der Waals surface area contributed by atoms with E-state index in [2.05, 4.69) is 5.32 Å². The van der Waals surface area contributed by atoms with Crippen LogP contribution >= 0.6 is 0 Å². The van der Waals surface area contributed by atoms with Gasteiger partial charge in [0, 0.05) is 19.7 Å². The van der Waals surface area contributed by atoms with Gasteiger partial charge in [-0.2, -0.15) is 0 Å². The summed E-state index contributed by atoms with van der Waals surface area (Å²) in [5.74, 6) is 0.0218. The Morgan fingerprint density at radius 1 is 1.27 bits per heavy atom. The molecule has 1 amide bonds. The minimum absolute atomic E-state index is 0.0121. The standard InChI is InChI=1S/C16H23N3O3/c1-3-18-13-6-4-5-7-14(13)19(16(18)22)11-15(21)17-10-12(2)8-9-20/h4-7,12,20H,3,8-11H2,1-2H3,(H,17,21). The molecular formula is C16H23N3O3. The third-order valence-corrected chi connectivity index (χ3v) is 3.81. The number of hydrogen-bond donors (Lipinski definition) is 2. The minimum Gasteiger partial charge on any atom is -0.396 e. The number of rotatable bonds is 7. The number of imidazole rings is 1. The normalized spacial score (nSPS) is 12.5. The first-order valence-corrected chi connectivity index (χ1v) is 7.64. The first-order valence-electron chi connectivity index (χ1n) is 7.64. The number of carbonyl (C=O) groups is 1. The van der Waals surface area contributed by atoms with Crippen LogP contribution in [-0.2, 0) is 17.9 Å². The lowest BCUT2D eigenvalue weighted by molar-refractivity contribution is -0.121. The summed E-state index contributed by atoms with van der Waals surface area (Å²) >= 11 is 0. The quantitative estimate of drug-likeness (QED) is 0.800. The molecule has 0 bridgehead atoms. The average molecular weight is 305 g/mol. The van der Waals surface area contributed by atoms with Crippen molar-refractivity contribution in [2.45, 2.75) is 33.4 Å². The van der Waals surface area contributed by atoms with Crippen LogP contribution in [0.5, 0.6) is 0 Å². The fourth-order valence-electron chi connectivity index (χ4n) is 2.54. The number of amides is 1. The van der Waals surface area contributed by atoms with Gasteiger partial charge in [-0.15, -0.1) is 0 Å². The number of aromatic nitrogens is 2. The van der Waals surface area contributed by atoms with Crippen LogP contribution < -0.4 is 11.0 Å². The molecule has 22 heavy (non-hydrogen) atoms. The topological polar surface area (TPSA) is 76.3 Å². The van der Waals surface area contributed by atoms with Gasteiger partial charge in [0.1, 0.15) is 6.54 Å². The number of para-hydroxylation sites is 2. The molecule has 2 N–H and O–H groups in total. The van der Waals surface area contributed by atoms with Gasteiger partial charge in [-0.25, -0.2) is 4.79 Å². The van der Waals surface area contributed by atoms with E-state index in [0.29, 0.717) is 19.5 Å². The first-order chi connectivity index (χ1) is 10.6. The molecular weight excluding hydrogens is 282 g/mol. The lowest BCUT2D eigenvalue weighted by Gasteiger charge is -2.11. The minimum atomic E-state index is -0.189. The lowest BCUT2D eigenvalue weighted by atomic mass is 10.1. The van der Waals surface area contributed by atoms with E-state index < -0.39 is 0 Å². The summed E-state index contributed by atoms with van der Waals surface area (Å²) in [5.41, 5.74) is 1.45. The van der Waals surface area contributed by atoms with Crippen molar-refractivity contribution in [1.82, 2.24) is 14.5 Å². The van der Waals surface area contributed by atoms with Crippen molar-refractivity contribution in [3.8, 4) is 0 Å². The van der Waals surface area contributed by atoms with E-state index in [1.807, 2.05) is 38.1 Å². The molecule has 1 aromatic carbocycles. The molecule has 0 saturated carbocycles. The van der Waals surface area contributed by atoms with Crippen LogP contribution in [0.25, 0.3) is 11.0 Å². The van der Waals surface area contributed by atoms with Crippen LogP contribution in [-0.4, -0.2) is 33.3 Å². The van der Waals surface area contributed by atoms with E-state index in [1.54, 1.807) is 4.57 Å². The van der Waals surface area contributed by atoms with E-state index in [9.17, 15) is 9.59 Å². The molecule has 6 nitrogen and oxygen atoms in total. The Balaban J connectivity index is 2.16. The SMILES string of the molecule is CCn1c(=O)n(CC(=O)NCC(C)CCO)c2ccccc21. The molecule has 2 aromatic rings. The third-order valence-electron chi connectivity index (χ3n) is 3.81. The van der Waals surface area contributed by atoms with Gasteiger partial charge in [-0.05, 0) is 31.4 Å². The van der Waals surface area contributed by atoms with Gasteiger partial charge in [0.05, 0.1) is 11.0 Å². The van der Waals surface area contributed by atoms with Gasteiger partial charge in [-0.1, -0.05) is 19.1 Å². The highest BCUT2D eigenvalue weighted by atomic mass is 16.3. The number of nitrogens with zero attached hydrogens (tertiary/aromatic N) is 2. The maximum Gasteiger partial charge on any atom is 0.329 e. The summed E-state index contributed by atoms with van der Waals surface area (Å²) in [6.45, 7) is 5.07. The summed E-state index contributed by atoms with van der Waals surface area (Å²) in [4.78, 5) is 24.5. The zero-order chi connectivity index (χ0) is 16.1. The van der Waals surface area contributed by atoms with E-state index in [0.717, 1.165) is 11.0 Å². The number of hydrogen-bond acceptors (Lipinski definition) is 3. The van der Waals surface area contributed by atoms with Crippen molar-refractivity contribution >= 4 is 16.9 Å². The van der Waals surface area contributed by atoms with Crippen molar-refractivity contribution in [2.24, 2.45) is 5.92 Å². The Morgan fingerprint density at radius 2 is 1.91 bits per heavy atom. The second kappa shape index (κ2) is 7.26. The zero-order valence-corrected chi connectivity index (χ0v) is 13.1. The molecule has 1 atom stereocenters. The number of nitrogens with one attached hydrogen (secondary N) is 1. The molecule has 0 fully saturated rings. The van der Waals surface area contributed by atoms with Crippen LogP contribution in [0.2, 0.25) is 0 Å². The predicted octanol–water partition coefficient (Wildman–Crippen LogP) is 0.958. The molecule has 0 aliphatic rings. The smallest absolute Gasteiger partial charge is 0.329 e. The molecule has 6 heteroatoms. The largest absolute Gasteiger partial charge is 0.396 e. The molecule has 0 aliphatic carbocycles. The fourth-order valence-corrected chi connectivity index (χ4v) is 2.54. The summed E-state index contributed by atoms with van der Waals surface area (Å²) in [6, 6.07) is 7.48. The van der Waals surface area contributed by atoms with Gasteiger partial charge in [0.15, 0.2) is 0 Å². The van der Waals surface area contributed by atoms with Gasteiger partial charge in [0.25, 0.3) is 0 Å². The fraction of sp³-hybridized carbons (Fsp3) is 0.500. The van der Waals surface area contributed by atoms with Crippen molar-refractivity contribution in [3.05, 3.63) is 34.7 Å². The van der Waals surface area contributed by atoms with Crippen LogP contribution in [0.3, 0.4) is 0 Å². The summed E-state index contributed by atoms with van der Waals surface area (Å²) in [5, 5.41) is 11.7. The van der Waals surface area contributed by atoms with E-state index >= 15 is 0 Å². The maximum atomic E-state index is 12.4. The van der Waals surface area contributed by atoms with Crippen LogP contribution in [0, 0.1) is 5.92 Å². The maximum absolute atomic E-state index is 12.4. The highest BCUT2D eigenvalue weighted by molar-refractivity contribution is 5.80. The van der Waals surface area contributed by atoms with Gasteiger partial charge in [-0.3, -0.25) is 13.9 Å². The Labute approximate surface area is 129 Å². The summed E-state index contributed by atoms with van der Waals surface area (Å²) in [6.07, 6.45) is 0.648. The Hall–Kier alpha value is -2.08. The summed E-state index contributed by atoms with van der Waals surface area (Å²) in [7, 11) is 0. The number of aliphatic hydroxyl groups excluding tert-OH is 1. The predicted molar refractivity (Wildman–Crippen MR) is 85.7 cm³/mol. The highest BCUT2D eigenvalue weighted by Gasteiger charge is 2.14. The van der Waals surface area contributed by atoms with Gasteiger partial charge in [0.2, 0.25) is 5.91 Å². The molecule has 120 valence electrons. The van der Waals surface area contributed by atoms with Crippen molar-refractivity contribution in [1.29, 1.82) is 0 Å². The number of carbonyl (C=O) groups excluding carboxylic acids is 1. The second-order valence-corrected chi connectivity index (χ2v) is 5.52. The van der Waals surface area contributed by atoms with Gasteiger partial charge < -0.3 is 10.4 Å². The Bertz CT molecular complexity index is 702. The van der Waals surface area contributed by atoms with E-state index in [4.69, 9.17) is 5.11 Å². The number of benzene rings is 1. The second-order valence-electron chi connectivity index (χ2n) is 5.52. The molecule has 2 rings (SSSR count). The number of aryl methyl sites for hydroxylation is 1. The van der Waals surface area contributed by atoms with Crippen molar-refractivity contribution in [3.63, 3.8) is 0 Å².